The predicted octanol–water partition coefficient (Wildman–Crippen LogP) is 2.49. The predicted molar refractivity (Wildman–Crippen MR) is 66.8 cm³/mol. The van der Waals surface area contributed by atoms with Gasteiger partial charge in [-0.05, 0) is 36.4 Å². The summed E-state index contributed by atoms with van der Waals surface area (Å²) >= 11 is 5.75. The molecule has 0 unspecified atom stereocenters. The van der Waals surface area contributed by atoms with Crippen molar-refractivity contribution in [2.24, 2.45) is 0 Å². The Morgan fingerprint density at radius 1 is 1.12 bits per heavy atom. The van der Waals surface area contributed by atoms with E-state index in [0.717, 1.165) is 5.69 Å². The third kappa shape index (κ3) is 3.19. The van der Waals surface area contributed by atoms with Crippen LogP contribution in [0.3, 0.4) is 0 Å². The average Bonchev–Trinajstić information content (AvgIpc) is 2.39. The van der Waals surface area contributed by atoms with Gasteiger partial charge in [-0.15, -0.1) is 0 Å². The van der Waals surface area contributed by atoms with Gasteiger partial charge in [0.15, 0.2) is 0 Å². The number of carbonyl (C=O) groups is 1. The molecule has 0 fully saturated rings. The summed E-state index contributed by atoms with van der Waals surface area (Å²) in [7, 11) is 0. The summed E-state index contributed by atoms with van der Waals surface area (Å²) in [5, 5.41) is 0.645. The maximum absolute atomic E-state index is 11.6. The quantitative estimate of drug-likeness (QED) is 0.820. The van der Waals surface area contributed by atoms with E-state index in [2.05, 4.69) is 15.8 Å². The zero-order valence-electron chi connectivity index (χ0n) is 8.85. The number of nitrogens with zero attached hydrogens (tertiary/aromatic N) is 1. The van der Waals surface area contributed by atoms with Crippen LogP contribution < -0.4 is 10.9 Å². The van der Waals surface area contributed by atoms with Crippen molar-refractivity contribution >= 4 is 23.2 Å². The van der Waals surface area contributed by atoms with Crippen LogP contribution in [0.1, 0.15) is 10.5 Å². The first kappa shape index (κ1) is 11.4. The molecule has 0 aliphatic heterocycles. The number of amides is 1. The average molecular weight is 248 g/mol. The molecule has 0 saturated heterocycles. The number of benzene rings is 1. The van der Waals surface area contributed by atoms with E-state index in [1.807, 2.05) is 0 Å². The molecule has 0 aliphatic carbocycles. The normalized spacial score (nSPS) is 9.71. The van der Waals surface area contributed by atoms with Gasteiger partial charge in [0.1, 0.15) is 5.69 Å². The van der Waals surface area contributed by atoms with E-state index in [9.17, 15) is 4.79 Å². The van der Waals surface area contributed by atoms with Crippen LogP contribution in [-0.4, -0.2) is 10.9 Å². The number of hydrogen-bond donors (Lipinski definition) is 2. The summed E-state index contributed by atoms with van der Waals surface area (Å²) < 4.78 is 0. The molecule has 0 saturated carbocycles. The van der Waals surface area contributed by atoms with E-state index < -0.39 is 0 Å². The molecule has 0 bridgehead atoms. The first-order valence-corrected chi connectivity index (χ1v) is 5.36. The monoisotopic (exact) mass is 247 g/mol. The van der Waals surface area contributed by atoms with Gasteiger partial charge < -0.3 is 0 Å². The van der Waals surface area contributed by atoms with Crippen LogP contribution in [0, 0.1) is 0 Å². The van der Waals surface area contributed by atoms with Crippen molar-refractivity contribution in [3.8, 4) is 0 Å². The van der Waals surface area contributed by atoms with Crippen molar-refractivity contribution < 1.29 is 4.79 Å². The standard InChI is InChI=1S/C12H10ClN3O/c13-9-4-6-10(7-5-9)15-16-12(17)11-3-1-2-8-14-11/h1-8,15H,(H,16,17). The Labute approximate surface area is 104 Å². The van der Waals surface area contributed by atoms with Crippen molar-refractivity contribution in [1.29, 1.82) is 0 Å². The fourth-order valence-electron chi connectivity index (χ4n) is 1.22. The molecule has 2 aromatic rings. The lowest BCUT2D eigenvalue weighted by Crippen LogP contribution is -2.29. The SMILES string of the molecule is O=C(NNc1ccc(Cl)cc1)c1ccccn1. The minimum atomic E-state index is -0.291. The third-order valence-electron chi connectivity index (χ3n) is 2.06. The fourth-order valence-corrected chi connectivity index (χ4v) is 1.35. The number of pyridine rings is 1. The van der Waals surface area contributed by atoms with E-state index in [0.29, 0.717) is 10.7 Å². The van der Waals surface area contributed by atoms with Gasteiger partial charge in [0.05, 0.1) is 5.69 Å². The van der Waals surface area contributed by atoms with Crippen molar-refractivity contribution in [3.05, 3.63) is 59.4 Å². The topological polar surface area (TPSA) is 54.0 Å². The zero-order chi connectivity index (χ0) is 12.1. The third-order valence-corrected chi connectivity index (χ3v) is 2.31. The lowest BCUT2D eigenvalue weighted by molar-refractivity contribution is 0.0958. The van der Waals surface area contributed by atoms with Crippen LogP contribution in [0.4, 0.5) is 5.69 Å². The van der Waals surface area contributed by atoms with Gasteiger partial charge in [0.25, 0.3) is 5.91 Å². The molecule has 1 aromatic carbocycles. The van der Waals surface area contributed by atoms with Crippen molar-refractivity contribution in [2.75, 3.05) is 5.43 Å². The highest BCUT2D eigenvalue weighted by molar-refractivity contribution is 6.30. The molecule has 5 heteroatoms. The fraction of sp³-hybridized carbons (Fsp3) is 0. The number of hydrogen-bond acceptors (Lipinski definition) is 3. The Morgan fingerprint density at radius 3 is 2.53 bits per heavy atom. The molecule has 17 heavy (non-hydrogen) atoms. The van der Waals surface area contributed by atoms with E-state index in [1.165, 1.54) is 0 Å². The van der Waals surface area contributed by atoms with Crippen molar-refractivity contribution in [2.45, 2.75) is 0 Å². The maximum atomic E-state index is 11.6. The lowest BCUT2D eigenvalue weighted by atomic mass is 10.3. The van der Waals surface area contributed by atoms with Crippen LogP contribution in [-0.2, 0) is 0 Å². The number of halogens is 1. The molecule has 0 atom stereocenters. The smallest absolute Gasteiger partial charge is 0.288 e. The second-order valence-electron chi connectivity index (χ2n) is 3.30. The van der Waals surface area contributed by atoms with Crippen molar-refractivity contribution in [1.82, 2.24) is 10.4 Å². The Bertz CT molecular complexity index is 499. The first-order chi connectivity index (χ1) is 8.25. The number of nitrogens with one attached hydrogen (secondary N) is 2. The summed E-state index contributed by atoms with van der Waals surface area (Å²) in [4.78, 5) is 15.6. The largest absolute Gasteiger partial charge is 0.298 e. The second-order valence-corrected chi connectivity index (χ2v) is 3.74. The van der Waals surface area contributed by atoms with Crippen LogP contribution in [0.15, 0.2) is 48.7 Å². The second kappa shape index (κ2) is 5.32. The summed E-state index contributed by atoms with van der Waals surface area (Å²) in [6.45, 7) is 0. The summed E-state index contributed by atoms with van der Waals surface area (Å²) in [5.41, 5.74) is 6.42. The van der Waals surface area contributed by atoms with Crippen LogP contribution >= 0.6 is 11.6 Å². The lowest BCUT2D eigenvalue weighted by Gasteiger charge is -2.07. The molecule has 2 N–H and O–H groups in total. The molecule has 4 nitrogen and oxygen atoms in total. The van der Waals surface area contributed by atoms with Gasteiger partial charge in [0, 0.05) is 11.2 Å². The molecule has 86 valence electrons. The Balaban J connectivity index is 1.95. The summed E-state index contributed by atoms with van der Waals surface area (Å²) in [5.74, 6) is -0.291. The molecule has 2 rings (SSSR count). The number of anilines is 1. The molecule has 1 heterocycles. The van der Waals surface area contributed by atoms with Gasteiger partial charge >= 0.3 is 0 Å². The molecular formula is C12H10ClN3O. The number of aromatic nitrogens is 1. The van der Waals surface area contributed by atoms with Gasteiger partial charge in [0.2, 0.25) is 0 Å². The van der Waals surface area contributed by atoms with E-state index in [-0.39, 0.29) is 5.91 Å². The molecule has 0 spiro atoms. The van der Waals surface area contributed by atoms with Crippen LogP contribution in [0.2, 0.25) is 5.02 Å². The molecule has 1 aromatic heterocycles. The minimum absolute atomic E-state index is 0.291. The summed E-state index contributed by atoms with van der Waals surface area (Å²) in [6.07, 6.45) is 1.57. The van der Waals surface area contributed by atoms with E-state index >= 15 is 0 Å². The van der Waals surface area contributed by atoms with Crippen LogP contribution in [0.25, 0.3) is 0 Å². The first-order valence-electron chi connectivity index (χ1n) is 4.98. The van der Waals surface area contributed by atoms with Gasteiger partial charge in [-0.1, -0.05) is 17.7 Å². The van der Waals surface area contributed by atoms with E-state index in [1.54, 1.807) is 48.7 Å². The highest BCUT2D eigenvalue weighted by Crippen LogP contribution is 2.12. The Kier molecular flexibility index (Phi) is 3.57. The molecule has 1 amide bonds. The number of hydrazine groups is 1. The van der Waals surface area contributed by atoms with Gasteiger partial charge in [-0.2, -0.15) is 0 Å². The highest BCUT2D eigenvalue weighted by atomic mass is 35.5. The van der Waals surface area contributed by atoms with Crippen molar-refractivity contribution in [3.63, 3.8) is 0 Å². The van der Waals surface area contributed by atoms with Crippen LogP contribution in [0.5, 0.6) is 0 Å². The Hall–Kier alpha value is -2.07. The van der Waals surface area contributed by atoms with E-state index in [4.69, 9.17) is 11.6 Å². The zero-order valence-corrected chi connectivity index (χ0v) is 9.61. The Morgan fingerprint density at radius 2 is 1.88 bits per heavy atom. The number of carbonyl (C=O) groups excluding carboxylic acids is 1. The molecule has 0 radical (unpaired) electrons. The van der Waals surface area contributed by atoms with Gasteiger partial charge in [-0.3, -0.25) is 20.6 Å². The molecule has 0 aliphatic rings. The number of rotatable bonds is 3. The minimum Gasteiger partial charge on any atom is -0.298 e. The molecular weight excluding hydrogens is 238 g/mol. The maximum Gasteiger partial charge on any atom is 0.288 e. The van der Waals surface area contributed by atoms with Gasteiger partial charge in [-0.25, -0.2) is 0 Å². The summed E-state index contributed by atoms with van der Waals surface area (Å²) in [6, 6.07) is 12.1. The highest BCUT2D eigenvalue weighted by Gasteiger charge is 2.04.